The molecule has 0 bridgehead atoms. The van der Waals surface area contributed by atoms with Gasteiger partial charge in [-0.3, -0.25) is 4.98 Å². The fourth-order valence-corrected chi connectivity index (χ4v) is 2.48. The van der Waals surface area contributed by atoms with Crippen LogP contribution >= 0.6 is 22.9 Å². The van der Waals surface area contributed by atoms with E-state index < -0.39 is 5.97 Å². The van der Waals surface area contributed by atoms with Gasteiger partial charge in [-0.1, -0.05) is 11.6 Å². The second-order valence-electron chi connectivity index (χ2n) is 2.84. The monoisotopic (exact) mass is 242 g/mol. The molecule has 2 aromatic heterocycles. The summed E-state index contributed by atoms with van der Waals surface area (Å²) >= 11 is 7.01. The number of carbonyl (C=O) groups is 1. The number of aromatic nitrogens is 1. The molecular formula is C9H7ClN2O2S. The number of nitrogens with two attached hydrogens (primary N) is 1. The van der Waals surface area contributed by atoms with Crippen molar-refractivity contribution in [3.05, 3.63) is 22.2 Å². The molecule has 0 amide bonds. The molecule has 0 aliphatic rings. The molecule has 0 atom stereocenters. The average Bonchev–Trinajstić information content (AvgIpc) is 2.54. The van der Waals surface area contributed by atoms with Crippen molar-refractivity contribution in [2.75, 3.05) is 12.8 Å². The molecule has 0 aliphatic heterocycles. The number of hydrogen-bond acceptors (Lipinski definition) is 5. The summed E-state index contributed by atoms with van der Waals surface area (Å²) in [5.41, 5.74) is 6.70. The number of ether oxygens (including phenoxy) is 1. The molecule has 0 spiro atoms. The number of halogens is 1. The smallest absolute Gasteiger partial charge is 0.350 e. The molecule has 0 aromatic carbocycles. The van der Waals surface area contributed by atoms with Crippen molar-refractivity contribution in [1.29, 1.82) is 0 Å². The van der Waals surface area contributed by atoms with Crippen LogP contribution in [0.25, 0.3) is 10.2 Å². The first-order chi connectivity index (χ1) is 7.13. The fraction of sp³-hybridized carbons (Fsp3) is 0.111. The maximum Gasteiger partial charge on any atom is 0.350 e. The lowest BCUT2D eigenvalue weighted by Crippen LogP contribution is -2.01. The lowest BCUT2D eigenvalue weighted by atomic mass is 10.3. The quantitative estimate of drug-likeness (QED) is 0.780. The van der Waals surface area contributed by atoms with Gasteiger partial charge < -0.3 is 10.5 Å². The molecule has 78 valence electrons. The number of nitrogen functional groups attached to an aromatic ring is 1. The van der Waals surface area contributed by atoms with Gasteiger partial charge in [0.15, 0.2) is 0 Å². The minimum atomic E-state index is -0.452. The van der Waals surface area contributed by atoms with Crippen LogP contribution in [0, 0.1) is 0 Å². The van der Waals surface area contributed by atoms with E-state index in [0.717, 1.165) is 4.70 Å². The van der Waals surface area contributed by atoms with Gasteiger partial charge in [0, 0.05) is 6.20 Å². The summed E-state index contributed by atoms with van der Waals surface area (Å²) in [6.07, 6.45) is 1.49. The van der Waals surface area contributed by atoms with Crippen LogP contribution in [-0.4, -0.2) is 18.1 Å². The summed E-state index contributed by atoms with van der Waals surface area (Å²) in [5, 5.41) is 0.514. The van der Waals surface area contributed by atoms with Crippen LogP contribution < -0.4 is 5.73 Å². The van der Waals surface area contributed by atoms with E-state index in [2.05, 4.69) is 9.72 Å². The van der Waals surface area contributed by atoms with Gasteiger partial charge in [0.05, 0.1) is 22.5 Å². The number of hydrogen-bond donors (Lipinski definition) is 1. The maximum atomic E-state index is 11.3. The molecule has 6 heteroatoms. The Morgan fingerprint density at radius 3 is 3.07 bits per heavy atom. The summed E-state index contributed by atoms with van der Waals surface area (Å²) in [4.78, 5) is 15.8. The molecule has 2 aromatic rings. The van der Waals surface area contributed by atoms with Crippen molar-refractivity contribution in [3.8, 4) is 0 Å². The zero-order valence-electron chi connectivity index (χ0n) is 7.78. The van der Waals surface area contributed by atoms with Crippen LogP contribution in [0.2, 0.25) is 5.02 Å². The van der Waals surface area contributed by atoms with Crippen LogP contribution in [0.15, 0.2) is 12.3 Å². The molecule has 0 fully saturated rings. The number of methoxy groups -OCH3 is 1. The minimum Gasteiger partial charge on any atom is -0.465 e. The van der Waals surface area contributed by atoms with E-state index in [1.54, 1.807) is 6.07 Å². The van der Waals surface area contributed by atoms with E-state index in [1.807, 2.05) is 0 Å². The van der Waals surface area contributed by atoms with Crippen molar-refractivity contribution in [2.24, 2.45) is 0 Å². The Hall–Kier alpha value is -1.33. The summed E-state index contributed by atoms with van der Waals surface area (Å²) < 4.78 is 5.39. The molecule has 0 saturated carbocycles. The maximum absolute atomic E-state index is 11.3. The zero-order valence-corrected chi connectivity index (χ0v) is 9.35. The van der Waals surface area contributed by atoms with E-state index in [1.165, 1.54) is 24.6 Å². The zero-order chi connectivity index (χ0) is 11.0. The number of anilines is 1. The summed E-state index contributed by atoms with van der Waals surface area (Å²) in [5.74, 6) is -0.452. The molecule has 0 unspecified atom stereocenters. The van der Waals surface area contributed by atoms with Crippen molar-refractivity contribution in [1.82, 2.24) is 4.98 Å². The van der Waals surface area contributed by atoms with Crippen LogP contribution in [0.3, 0.4) is 0 Å². The molecule has 0 saturated heterocycles. The highest BCUT2D eigenvalue weighted by Crippen LogP contribution is 2.33. The number of pyridine rings is 1. The van der Waals surface area contributed by atoms with E-state index in [-0.39, 0.29) is 0 Å². The van der Waals surface area contributed by atoms with Crippen LogP contribution in [0.1, 0.15) is 9.67 Å². The lowest BCUT2D eigenvalue weighted by Gasteiger charge is -1.95. The van der Waals surface area contributed by atoms with E-state index in [9.17, 15) is 4.79 Å². The van der Waals surface area contributed by atoms with Gasteiger partial charge in [-0.15, -0.1) is 11.3 Å². The Kier molecular flexibility index (Phi) is 2.50. The molecule has 15 heavy (non-hydrogen) atoms. The Morgan fingerprint density at radius 2 is 2.40 bits per heavy atom. The molecular weight excluding hydrogens is 236 g/mol. The second kappa shape index (κ2) is 3.67. The second-order valence-corrected chi connectivity index (χ2v) is 4.33. The summed E-state index contributed by atoms with van der Waals surface area (Å²) in [6.45, 7) is 0. The standard InChI is InChI=1S/C9H7ClN2O2S/c1-14-9(13)8-6(11)7-5(15-8)2-4(10)3-12-7/h2-3H,11H2,1H3. The van der Waals surface area contributed by atoms with Crippen LogP contribution in [0.4, 0.5) is 5.69 Å². The van der Waals surface area contributed by atoms with Crippen molar-refractivity contribution >= 4 is 44.8 Å². The predicted octanol–water partition coefficient (Wildman–Crippen LogP) is 2.32. The molecule has 2 heterocycles. The van der Waals surface area contributed by atoms with E-state index >= 15 is 0 Å². The predicted molar refractivity (Wildman–Crippen MR) is 60.4 cm³/mol. The Balaban J connectivity index is 2.69. The minimum absolute atomic E-state index is 0.346. The molecule has 4 nitrogen and oxygen atoms in total. The Morgan fingerprint density at radius 1 is 1.67 bits per heavy atom. The average molecular weight is 243 g/mol. The first-order valence-electron chi connectivity index (χ1n) is 4.05. The third kappa shape index (κ3) is 1.64. The number of esters is 1. The van der Waals surface area contributed by atoms with Gasteiger partial charge in [-0.2, -0.15) is 0 Å². The summed E-state index contributed by atoms with van der Waals surface area (Å²) in [6, 6.07) is 1.72. The largest absolute Gasteiger partial charge is 0.465 e. The third-order valence-corrected chi connectivity index (χ3v) is 3.23. The van der Waals surface area contributed by atoms with E-state index in [4.69, 9.17) is 17.3 Å². The topological polar surface area (TPSA) is 65.2 Å². The van der Waals surface area contributed by atoms with Gasteiger partial charge in [0.25, 0.3) is 0 Å². The Labute approximate surface area is 94.6 Å². The molecule has 2 rings (SSSR count). The normalized spacial score (nSPS) is 10.5. The van der Waals surface area contributed by atoms with Gasteiger partial charge >= 0.3 is 5.97 Å². The number of rotatable bonds is 1. The van der Waals surface area contributed by atoms with Gasteiger partial charge in [0.2, 0.25) is 0 Å². The SMILES string of the molecule is COC(=O)c1sc2cc(Cl)cnc2c1N. The molecule has 2 N–H and O–H groups in total. The van der Waals surface area contributed by atoms with E-state index in [0.29, 0.717) is 21.1 Å². The number of thiophene rings is 1. The molecule has 0 aliphatic carbocycles. The first kappa shape index (κ1) is 10.2. The van der Waals surface area contributed by atoms with Crippen molar-refractivity contribution in [2.45, 2.75) is 0 Å². The fourth-order valence-electron chi connectivity index (χ4n) is 1.22. The van der Waals surface area contributed by atoms with Crippen molar-refractivity contribution < 1.29 is 9.53 Å². The van der Waals surface area contributed by atoms with Gasteiger partial charge in [-0.25, -0.2) is 4.79 Å². The number of fused-ring (bicyclic) bond motifs is 1. The number of carbonyl (C=O) groups excluding carboxylic acids is 1. The Bertz CT molecular complexity index is 538. The van der Waals surface area contributed by atoms with Gasteiger partial charge in [-0.05, 0) is 6.07 Å². The number of nitrogens with zero attached hydrogens (tertiary/aromatic N) is 1. The lowest BCUT2D eigenvalue weighted by molar-refractivity contribution is 0.0607. The third-order valence-electron chi connectivity index (χ3n) is 1.90. The highest BCUT2D eigenvalue weighted by atomic mass is 35.5. The first-order valence-corrected chi connectivity index (χ1v) is 5.24. The van der Waals surface area contributed by atoms with Gasteiger partial charge in [0.1, 0.15) is 10.4 Å². The van der Waals surface area contributed by atoms with Crippen LogP contribution in [0.5, 0.6) is 0 Å². The van der Waals surface area contributed by atoms with Crippen LogP contribution in [-0.2, 0) is 4.74 Å². The molecule has 0 radical (unpaired) electrons. The highest BCUT2D eigenvalue weighted by molar-refractivity contribution is 7.21. The van der Waals surface area contributed by atoms with Crippen molar-refractivity contribution in [3.63, 3.8) is 0 Å². The highest BCUT2D eigenvalue weighted by Gasteiger charge is 2.17. The summed E-state index contributed by atoms with van der Waals surface area (Å²) in [7, 11) is 1.31.